The van der Waals surface area contributed by atoms with Crippen molar-refractivity contribution in [2.45, 2.75) is 6.54 Å². The summed E-state index contributed by atoms with van der Waals surface area (Å²) in [7, 11) is 1.19. The van der Waals surface area contributed by atoms with E-state index in [4.69, 9.17) is 0 Å². The molecule has 1 N–H and O–H groups in total. The average molecular weight is 432 g/mol. The number of methoxy groups -OCH3 is 1. The van der Waals surface area contributed by atoms with Crippen molar-refractivity contribution in [2.75, 3.05) is 12.4 Å². The topological polar surface area (TPSA) is 92.8 Å². The Labute approximate surface area is 182 Å². The summed E-state index contributed by atoms with van der Waals surface area (Å²) in [6.45, 7) is 0.111. The predicted molar refractivity (Wildman–Crippen MR) is 113 cm³/mol. The number of benzene rings is 3. The fraction of sp³-hybridized carbons (Fsp3) is 0.0833. The standard InChI is InChI=1S/C24H17FN2O5/c1-32-24(31)16-8-10-19(25)20(12-16)26-21(28)15-7-9-17-18(11-15)23(30)27(22(17)29)13-14-5-3-2-4-6-14/h2-12H,13H2,1H3,(H,26,28). The maximum atomic E-state index is 14.1. The van der Waals surface area contributed by atoms with Gasteiger partial charge in [-0.15, -0.1) is 0 Å². The second-order valence-corrected chi connectivity index (χ2v) is 7.08. The van der Waals surface area contributed by atoms with Crippen LogP contribution in [0.15, 0.2) is 66.7 Å². The molecular weight excluding hydrogens is 415 g/mol. The quantitative estimate of drug-likeness (QED) is 0.491. The summed E-state index contributed by atoms with van der Waals surface area (Å²) >= 11 is 0. The number of carbonyl (C=O) groups is 4. The van der Waals surface area contributed by atoms with Crippen LogP contribution in [0.2, 0.25) is 0 Å². The Bertz CT molecular complexity index is 1260. The molecule has 0 bridgehead atoms. The van der Waals surface area contributed by atoms with E-state index >= 15 is 0 Å². The molecule has 4 rings (SSSR count). The minimum absolute atomic E-state index is 0.0642. The zero-order valence-electron chi connectivity index (χ0n) is 16.9. The van der Waals surface area contributed by atoms with Gasteiger partial charge in [0.15, 0.2) is 0 Å². The zero-order valence-corrected chi connectivity index (χ0v) is 16.9. The molecule has 32 heavy (non-hydrogen) atoms. The third-order valence-corrected chi connectivity index (χ3v) is 5.05. The largest absolute Gasteiger partial charge is 0.465 e. The van der Waals surface area contributed by atoms with Gasteiger partial charge in [-0.2, -0.15) is 0 Å². The number of ether oxygens (including phenoxy) is 1. The minimum Gasteiger partial charge on any atom is -0.465 e. The van der Waals surface area contributed by atoms with Crippen molar-refractivity contribution < 1.29 is 28.3 Å². The van der Waals surface area contributed by atoms with Gasteiger partial charge < -0.3 is 10.1 Å². The van der Waals surface area contributed by atoms with E-state index in [1.54, 1.807) is 12.1 Å². The number of nitrogens with zero attached hydrogens (tertiary/aromatic N) is 1. The number of nitrogens with one attached hydrogen (secondary N) is 1. The highest BCUT2D eigenvalue weighted by atomic mass is 19.1. The molecule has 7 nitrogen and oxygen atoms in total. The van der Waals surface area contributed by atoms with Crippen LogP contribution in [-0.4, -0.2) is 35.7 Å². The molecule has 3 amide bonds. The predicted octanol–water partition coefficient (Wildman–Crippen LogP) is 3.66. The Morgan fingerprint density at radius 1 is 0.906 bits per heavy atom. The maximum Gasteiger partial charge on any atom is 0.337 e. The van der Waals surface area contributed by atoms with Gasteiger partial charge in [-0.05, 0) is 42.0 Å². The van der Waals surface area contributed by atoms with Crippen LogP contribution < -0.4 is 5.32 Å². The van der Waals surface area contributed by atoms with Gasteiger partial charge in [0.05, 0.1) is 36.0 Å². The number of imide groups is 1. The number of hydrogen-bond acceptors (Lipinski definition) is 5. The lowest BCUT2D eigenvalue weighted by Crippen LogP contribution is -2.29. The van der Waals surface area contributed by atoms with Crippen molar-refractivity contribution in [3.63, 3.8) is 0 Å². The van der Waals surface area contributed by atoms with Crippen molar-refractivity contribution in [1.29, 1.82) is 0 Å². The van der Waals surface area contributed by atoms with E-state index < -0.39 is 29.5 Å². The molecule has 1 heterocycles. The van der Waals surface area contributed by atoms with Gasteiger partial charge in [0.2, 0.25) is 0 Å². The van der Waals surface area contributed by atoms with Crippen LogP contribution in [0.3, 0.4) is 0 Å². The van der Waals surface area contributed by atoms with E-state index in [9.17, 15) is 23.6 Å². The van der Waals surface area contributed by atoms with Gasteiger partial charge in [-0.3, -0.25) is 19.3 Å². The number of hydrogen-bond donors (Lipinski definition) is 1. The van der Waals surface area contributed by atoms with Crippen LogP contribution in [0.25, 0.3) is 0 Å². The average Bonchev–Trinajstić information content (AvgIpc) is 3.05. The maximum absolute atomic E-state index is 14.1. The fourth-order valence-corrected chi connectivity index (χ4v) is 3.40. The number of amides is 3. The summed E-state index contributed by atoms with van der Waals surface area (Å²) in [5.41, 5.74) is 1.00. The lowest BCUT2D eigenvalue weighted by molar-refractivity contribution is 0.0597. The molecule has 3 aromatic carbocycles. The first kappa shape index (κ1) is 20.9. The van der Waals surface area contributed by atoms with E-state index in [0.29, 0.717) is 0 Å². The van der Waals surface area contributed by atoms with Crippen LogP contribution in [0.1, 0.15) is 47.0 Å². The van der Waals surface area contributed by atoms with Gasteiger partial charge in [0.25, 0.3) is 17.7 Å². The second-order valence-electron chi connectivity index (χ2n) is 7.08. The van der Waals surface area contributed by atoms with E-state index in [-0.39, 0.29) is 34.5 Å². The molecule has 1 aliphatic rings. The monoisotopic (exact) mass is 432 g/mol. The molecule has 160 valence electrons. The van der Waals surface area contributed by atoms with Gasteiger partial charge in [0.1, 0.15) is 5.82 Å². The molecule has 0 unspecified atom stereocenters. The molecule has 1 aliphatic heterocycles. The third kappa shape index (κ3) is 3.85. The van der Waals surface area contributed by atoms with Crippen LogP contribution in [0, 0.1) is 5.82 Å². The normalized spacial score (nSPS) is 12.5. The Hall–Kier alpha value is -4.33. The summed E-state index contributed by atoms with van der Waals surface area (Å²) in [5.74, 6) is -3.08. The molecule has 0 atom stereocenters. The second kappa shape index (κ2) is 8.43. The molecule has 0 saturated carbocycles. The summed E-state index contributed by atoms with van der Waals surface area (Å²) in [6.07, 6.45) is 0. The Morgan fingerprint density at radius 2 is 1.59 bits per heavy atom. The molecule has 0 saturated heterocycles. The molecule has 8 heteroatoms. The molecule has 0 fully saturated rings. The zero-order chi connectivity index (χ0) is 22.8. The third-order valence-electron chi connectivity index (χ3n) is 5.05. The number of esters is 1. The number of fused-ring (bicyclic) bond motifs is 1. The highest BCUT2D eigenvalue weighted by Gasteiger charge is 2.36. The Kier molecular flexibility index (Phi) is 5.51. The van der Waals surface area contributed by atoms with Gasteiger partial charge >= 0.3 is 5.97 Å². The first-order valence-corrected chi connectivity index (χ1v) is 9.62. The van der Waals surface area contributed by atoms with Crippen molar-refractivity contribution in [1.82, 2.24) is 4.90 Å². The summed E-state index contributed by atoms with van der Waals surface area (Å²) in [5, 5.41) is 2.38. The SMILES string of the molecule is COC(=O)c1ccc(F)c(NC(=O)c2ccc3c(c2)C(=O)N(Cc2ccccc2)C3=O)c1. The first-order valence-electron chi connectivity index (χ1n) is 9.62. The van der Waals surface area contributed by atoms with Gasteiger partial charge in [-0.1, -0.05) is 30.3 Å². The summed E-state index contributed by atoms with van der Waals surface area (Å²) in [4.78, 5) is 50.9. The summed E-state index contributed by atoms with van der Waals surface area (Å²) < 4.78 is 18.7. The molecular formula is C24H17FN2O5. The van der Waals surface area contributed by atoms with Crippen LogP contribution in [0.5, 0.6) is 0 Å². The fourth-order valence-electron chi connectivity index (χ4n) is 3.40. The van der Waals surface area contributed by atoms with E-state index in [1.165, 1.54) is 31.4 Å². The van der Waals surface area contributed by atoms with Crippen LogP contribution >= 0.6 is 0 Å². The molecule has 0 aromatic heterocycles. The smallest absolute Gasteiger partial charge is 0.337 e. The van der Waals surface area contributed by atoms with Gasteiger partial charge in [0, 0.05) is 5.56 Å². The molecule has 3 aromatic rings. The lowest BCUT2D eigenvalue weighted by Gasteiger charge is -2.13. The molecule has 0 aliphatic carbocycles. The van der Waals surface area contributed by atoms with Crippen molar-refractivity contribution >= 4 is 29.4 Å². The summed E-state index contributed by atoms with van der Waals surface area (Å²) in [6, 6.07) is 16.6. The van der Waals surface area contributed by atoms with E-state index in [2.05, 4.69) is 10.1 Å². The number of carbonyl (C=O) groups excluding carboxylic acids is 4. The number of anilines is 1. The van der Waals surface area contributed by atoms with Crippen LogP contribution in [0.4, 0.5) is 10.1 Å². The van der Waals surface area contributed by atoms with E-state index in [1.807, 2.05) is 18.2 Å². The minimum atomic E-state index is -0.743. The highest BCUT2D eigenvalue weighted by Crippen LogP contribution is 2.26. The van der Waals surface area contributed by atoms with Gasteiger partial charge in [-0.25, -0.2) is 9.18 Å². The Morgan fingerprint density at radius 3 is 2.31 bits per heavy atom. The Balaban J connectivity index is 1.57. The first-order chi connectivity index (χ1) is 15.4. The number of rotatable bonds is 5. The molecule has 0 spiro atoms. The van der Waals surface area contributed by atoms with Crippen molar-refractivity contribution in [2.24, 2.45) is 0 Å². The molecule has 0 radical (unpaired) electrons. The number of halogens is 1. The lowest BCUT2D eigenvalue weighted by atomic mass is 10.1. The van der Waals surface area contributed by atoms with Crippen molar-refractivity contribution in [3.8, 4) is 0 Å². The highest BCUT2D eigenvalue weighted by molar-refractivity contribution is 6.22. The van der Waals surface area contributed by atoms with Crippen molar-refractivity contribution in [3.05, 3.63) is 100 Å². The van der Waals surface area contributed by atoms with E-state index in [0.717, 1.165) is 22.6 Å². The van der Waals surface area contributed by atoms with Crippen LogP contribution in [-0.2, 0) is 11.3 Å².